The zero-order valence-electron chi connectivity index (χ0n) is 20.1. The molecule has 2 heterocycles. The predicted molar refractivity (Wildman–Crippen MR) is 124 cm³/mol. The molecule has 1 aromatic heterocycles. The Hall–Kier alpha value is -3.16. The van der Waals surface area contributed by atoms with Crippen molar-refractivity contribution in [2.45, 2.75) is 43.4 Å². The maximum atomic E-state index is 13.4. The Morgan fingerprint density at radius 2 is 1.61 bits per heavy atom. The van der Waals surface area contributed by atoms with Crippen molar-refractivity contribution in [2.75, 3.05) is 26.3 Å². The molecule has 1 fully saturated rings. The quantitative estimate of drug-likeness (QED) is 0.412. The van der Waals surface area contributed by atoms with Gasteiger partial charge in [0.2, 0.25) is 0 Å². The molecule has 7 nitrogen and oxygen atoms in total. The first-order valence-corrected chi connectivity index (χ1v) is 11.8. The lowest BCUT2D eigenvalue weighted by Gasteiger charge is -2.42. The molecule has 3 aromatic rings. The topological polar surface area (TPSA) is 83.4 Å². The summed E-state index contributed by atoms with van der Waals surface area (Å²) in [4.78, 5) is 16.3. The van der Waals surface area contributed by atoms with Crippen molar-refractivity contribution >= 4 is 0 Å². The van der Waals surface area contributed by atoms with E-state index >= 15 is 0 Å². The number of benzene rings is 2. The minimum atomic E-state index is -5.01. The molecule has 206 valence electrons. The Morgan fingerprint density at radius 3 is 2.11 bits per heavy atom. The van der Waals surface area contributed by atoms with Crippen molar-refractivity contribution in [1.82, 2.24) is 19.7 Å². The van der Waals surface area contributed by atoms with Gasteiger partial charge in [-0.2, -0.15) is 36.1 Å². The SMILES string of the molecule is O=c1[nH]cnn1CN1CCC(COC(CO)c2cc(C(F)(F)F)cc(C(F)(F)F)c2)(c2ccccc2)CC1. The van der Waals surface area contributed by atoms with Gasteiger partial charge in [-0.05, 0) is 42.2 Å². The molecule has 1 atom stereocenters. The number of nitrogens with zero attached hydrogens (tertiary/aromatic N) is 3. The van der Waals surface area contributed by atoms with Gasteiger partial charge in [0.1, 0.15) is 12.4 Å². The summed E-state index contributed by atoms with van der Waals surface area (Å²) in [6, 6.07) is 10.5. The van der Waals surface area contributed by atoms with E-state index in [1.54, 1.807) is 0 Å². The molecule has 1 aliphatic rings. The molecule has 0 spiro atoms. The molecule has 1 unspecified atom stereocenters. The molecule has 0 aliphatic carbocycles. The van der Waals surface area contributed by atoms with Gasteiger partial charge in [0, 0.05) is 18.5 Å². The standard InChI is InChI=1S/C25H26F6N4O3/c26-24(27,28)19-10-17(11-20(12-19)25(29,30)31)21(13-36)38-14-23(18-4-2-1-3-5-18)6-8-34(9-7-23)16-35-22(37)32-15-33-35/h1-5,10-12,15,21,36H,6-9,13-14,16H2,(H,32,33,37). The number of aromatic nitrogens is 3. The highest BCUT2D eigenvalue weighted by Crippen LogP contribution is 2.40. The number of hydrogen-bond donors (Lipinski definition) is 2. The maximum Gasteiger partial charge on any atom is 0.416 e. The third-order valence-electron chi connectivity index (χ3n) is 6.86. The molecule has 13 heteroatoms. The van der Waals surface area contributed by atoms with Gasteiger partial charge in [-0.15, -0.1) is 0 Å². The van der Waals surface area contributed by atoms with Crippen LogP contribution in [-0.4, -0.2) is 51.1 Å². The van der Waals surface area contributed by atoms with Gasteiger partial charge in [0.15, 0.2) is 0 Å². The normalized spacial score (nSPS) is 17.4. The van der Waals surface area contributed by atoms with E-state index in [2.05, 4.69) is 10.1 Å². The van der Waals surface area contributed by atoms with Crippen LogP contribution in [0.5, 0.6) is 0 Å². The third kappa shape index (κ3) is 6.27. The highest BCUT2D eigenvalue weighted by atomic mass is 19.4. The number of alkyl halides is 6. The molecule has 38 heavy (non-hydrogen) atoms. The average molecular weight is 544 g/mol. The highest BCUT2D eigenvalue weighted by molar-refractivity contribution is 5.35. The second-order valence-electron chi connectivity index (χ2n) is 9.32. The lowest BCUT2D eigenvalue weighted by Crippen LogP contribution is -2.46. The smallest absolute Gasteiger partial charge is 0.393 e. The van der Waals surface area contributed by atoms with Crippen LogP contribution in [-0.2, 0) is 29.2 Å². The van der Waals surface area contributed by atoms with Gasteiger partial charge < -0.3 is 9.84 Å². The van der Waals surface area contributed by atoms with Crippen LogP contribution >= 0.6 is 0 Å². The Kier molecular flexibility index (Phi) is 8.00. The number of aromatic amines is 1. The van der Waals surface area contributed by atoms with Crippen LogP contribution in [0.4, 0.5) is 26.3 Å². The summed E-state index contributed by atoms with van der Waals surface area (Å²) in [5.41, 5.74) is -3.41. The largest absolute Gasteiger partial charge is 0.416 e. The lowest BCUT2D eigenvalue weighted by atomic mass is 9.73. The average Bonchev–Trinajstić information content (AvgIpc) is 3.29. The van der Waals surface area contributed by atoms with Gasteiger partial charge >= 0.3 is 18.0 Å². The first kappa shape index (κ1) is 27.9. The van der Waals surface area contributed by atoms with Crippen molar-refractivity contribution < 1.29 is 36.2 Å². The maximum absolute atomic E-state index is 13.4. The summed E-state index contributed by atoms with van der Waals surface area (Å²) in [5.74, 6) is 0. The van der Waals surface area contributed by atoms with E-state index in [0.29, 0.717) is 38.1 Å². The van der Waals surface area contributed by atoms with Crippen LogP contribution in [0.1, 0.15) is 41.2 Å². The van der Waals surface area contributed by atoms with Crippen molar-refractivity contribution in [1.29, 1.82) is 0 Å². The zero-order chi connectivity index (χ0) is 27.6. The Labute approximate surface area is 213 Å². The van der Waals surface area contributed by atoms with E-state index in [1.165, 1.54) is 11.0 Å². The highest BCUT2D eigenvalue weighted by Gasteiger charge is 2.40. The van der Waals surface area contributed by atoms with Crippen LogP contribution in [0.15, 0.2) is 59.7 Å². The Balaban J connectivity index is 1.57. The molecule has 1 saturated heterocycles. The molecule has 2 aromatic carbocycles. The molecule has 0 bridgehead atoms. The van der Waals surface area contributed by atoms with E-state index < -0.39 is 47.2 Å². The van der Waals surface area contributed by atoms with Crippen LogP contribution in [0.25, 0.3) is 0 Å². The number of likely N-dealkylation sites (tertiary alicyclic amines) is 1. The first-order valence-electron chi connectivity index (χ1n) is 11.8. The van der Waals surface area contributed by atoms with E-state index in [-0.39, 0.29) is 25.0 Å². The van der Waals surface area contributed by atoms with Crippen molar-refractivity contribution in [2.24, 2.45) is 0 Å². The summed E-state index contributed by atoms with van der Waals surface area (Å²) in [6.07, 6.45) is -9.06. The van der Waals surface area contributed by atoms with E-state index in [9.17, 15) is 36.2 Å². The number of ether oxygens (including phenoxy) is 1. The fourth-order valence-corrected chi connectivity index (χ4v) is 4.68. The molecule has 0 saturated carbocycles. The second-order valence-corrected chi connectivity index (χ2v) is 9.32. The fraction of sp³-hybridized carbons (Fsp3) is 0.440. The monoisotopic (exact) mass is 544 g/mol. The van der Waals surface area contributed by atoms with Gasteiger partial charge in [-0.3, -0.25) is 9.88 Å². The molecular formula is C25H26F6N4O3. The van der Waals surface area contributed by atoms with E-state index in [0.717, 1.165) is 5.56 Å². The zero-order valence-corrected chi connectivity index (χ0v) is 20.1. The number of hydrogen-bond acceptors (Lipinski definition) is 5. The summed E-state index contributed by atoms with van der Waals surface area (Å²) in [6.45, 7) is 0.470. The van der Waals surface area contributed by atoms with Crippen molar-refractivity contribution in [3.05, 3.63) is 87.6 Å². The molecular weight excluding hydrogens is 518 g/mol. The number of H-pyrrole nitrogens is 1. The minimum Gasteiger partial charge on any atom is -0.393 e. The van der Waals surface area contributed by atoms with Crippen molar-refractivity contribution in [3.8, 4) is 0 Å². The second kappa shape index (κ2) is 10.9. The Morgan fingerprint density at radius 1 is 1.00 bits per heavy atom. The van der Waals surface area contributed by atoms with Gasteiger partial charge in [-0.1, -0.05) is 30.3 Å². The van der Waals surface area contributed by atoms with Gasteiger partial charge in [0.05, 0.1) is 31.0 Å². The summed E-state index contributed by atoms with van der Waals surface area (Å²) in [5, 5.41) is 13.9. The van der Waals surface area contributed by atoms with Crippen LogP contribution in [0, 0.1) is 0 Å². The molecule has 2 N–H and O–H groups in total. The minimum absolute atomic E-state index is 0.0454. The molecule has 4 rings (SSSR count). The van der Waals surface area contributed by atoms with Crippen LogP contribution < -0.4 is 5.69 Å². The predicted octanol–water partition coefficient (Wildman–Crippen LogP) is 4.35. The van der Waals surface area contributed by atoms with E-state index in [1.807, 2.05) is 35.2 Å². The van der Waals surface area contributed by atoms with E-state index in [4.69, 9.17) is 4.74 Å². The number of nitrogens with one attached hydrogen (secondary N) is 1. The van der Waals surface area contributed by atoms with Gasteiger partial charge in [0.25, 0.3) is 0 Å². The third-order valence-corrected chi connectivity index (χ3v) is 6.86. The first-order chi connectivity index (χ1) is 17.9. The summed E-state index contributed by atoms with van der Waals surface area (Å²) >= 11 is 0. The fourth-order valence-electron chi connectivity index (χ4n) is 4.68. The number of rotatable bonds is 8. The van der Waals surface area contributed by atoms with Gasteiger partial charge in [-0.25, -0.2) is 4.79 Å². The van der Waals surface area contributed by atoms with Crippen LogP contribution in [0.2, 0.25) is 0 Å². The van der Waals surface area contributed by atoms with Crippen molar-refractivity contribution in [3.63, 3.8) is 0 Å². The lowest BCUT2D eigenvalue weighted by molar-refractivity contribution is -0.143. The summed E-state index contributed by atoms with van der Waals surface area (Å²) in [7, 11) is 0. The molecule has 1 aliphatic heterocycles. The number of aliphatic hydroxyl groups is 1. The molecule has 0 amide bonds. The Bertz CT molecular complexity index is 1230. The summed E-state index contributed by atoms with van der Waals surface area (Å²) < 4.78 is 87.3. The van der Waals surface area contributed by atoms with Crippen LogP contribution in [0.3, 0.4) is 0 Å². The molecule has 0 radical (unpaired) electrons. The number of aliphatic hydroxyl groups excluding tert-OH is 1. The number of piperidine rings is 1. The number of halogens is 6.